The fourth-order valence-electron chi connectivity index (χ4n) is 1.58. The number of amides is 1. The Labute approximate surface area is 114 Å². The van der Waals surface area contributed by atoms with Crippen molar-refractivity contribution in [3.63, 3.8) is 0 Å². The van der Waals surface area contributed by atoms with Crippen molar-refractivity contribution in [3.8, 4) is 6.07 Å². The van der Waals surface area contributed by atoms with E-state index in [1.807, 2.05) is 6.07 Å². The Balaban J connectivity index is 2.26. The van der Waals surface area contributed by atoms with Gasteiger partial charge in [0.2, 0.25) is 0 Å². The Morgan fingerprint density at radius 1 is 1.40 bits per heavy atom. The van der Waals surface area contributed by atoms with Crippen LogP contribution in [0.4, 0.5) is 15.9 Å². The summed E-state index contributed by atoms with van der Waals surface area (Å²) in [5.41, 5.74) is 2.61. The highest BCUT2D eigenvalue weighted by molar-refractivity contribution is 6.07. The normalized spacial score (nSPS) is 9.65. The first-order valence-corrected chi connectivity index (χ1v) is 5.58. The Morgan fingerprint density at radius 2 is 2.20 bits per heavy atom. The Hall–Kier alpha value is -2.98. The molecule has 0 bridgehead atoms. The third-order valence-corrected chi connectivity index (χ3v) is 2.54. The number of nitriles is 1. The van der Waals surface area contributed by atoms with Crippen LogP contribution < -0.4 is 16.6 Å². The Kier molecular flexibility index (Phi) is 3.88. The maximum atomic E-state index is 13.7. The number of nitrogens with zero attached hydrogens (tertiary/aromatic N) is 2. The number of hydrogen-bond acceptors (Lipinski definition) is 5. The number of nitrogen functional groups attached to an aromatic ring is 1. The summed E-state index contributed by atoms with van der Waals surface area (Å²) in [5, 5.41) is 11.0. The fourth-order valence-corrected chi connectivity index (χ4v) is 1.58. The SMILES string of the molecule is N#Cc1ccc(NC(=O)c2cccnc2NN)c(F)c1. The third-order valence-electron chi connectivity index (χ3n) is 2.54. The molecule has 1 aromatic carbocycles. The van der Waals surface area contributed by atoms with Crippen molar-refractivity contribution in [2.45, 2.75) is 0 Å². The molecule has 0 unspecified atom stereocenters. The summed E-state index contributed by atoms with van der Waals surface area (Å²) in [6.07, 6.45) is 1.47. The third kappa shape index (κ3) is 2.71. The van der Waals surface area contributed by atoms with Gasteiger partial charge in [0.15, 0.2) is 5.82 Å². The van der Waals surface area contributed by atoms with Crippen LogP contribution in [0.3, 0.4) is 0 Å². The van der Waals surface area contributed by atoms with Gasteiger partial charge < -0.3 is 10.7 Å². The molecule has 4 N–H and O–H groups in total. The van der Waals surface area contributed by atoms with Gasteiger partial charge in [0.25, 0.3) is 5.91 Å². The molecule has 1 amide bonds. The lowest BCUT2D eigenvalue weighted by atomic mass is 10.2. The Bertz CT molecular complexity index is 695. The second-order valence-corrected chi connectivity index (χ2v) is 3.80. The summed E-state index contributed by atoms with van der Waals surface area (Å²) in [4.78, 5) is 15.9. The summed E-state index contributed by atoms with van der Waals surface area (Å²) >= 11 is 0. The molecule has 2 aromatic rings. The molecule has 0 radical (unpaired) electrons. The van der Waals surface area contributed by atoms with E-state index in [4.69, 9.17) is 11.1 Å². The molecule has 1 heterocycles. The van der Waals surface area contributed by atoms with Crippen LogP contribution in [0.15, 0.2) is 36.5 Å². The van der Waals surface area contributed by atoms with Gasteiger partial charge in [-0.05, 0) is 30.3 Å². The monoisotopic (exact) mass is 271 g/mol. The molecule has 20 heavy (non-hydrogen) atoms. The number of nitrogens with two attached hydrogens (primary N) is 1. The van der Waals surface area contributed by atoms with E-state index < -0.39 is 11.7 Å². The average molecular weight is 271 g/mol. The minimum absolute atomic E-state index is 0.0270. The minimum Gasteiger partial charge on any atom is -0.319 e. The number of carbonyl (C=O) groups excluding carboxylic acids is 1. The number of hydrazine groups is 1. The summed E-state index contributed by atoms with van der Waals surface area (Å²) < 4.78 is 13.7. The first-order chi connectivity index (χ1) is 9.65. The summed E-state index contributed by atoms with van der Waals surface area (Å²) in [6.45, 7) is 0. The highest BCUT2D eigenvalue weighted by Gasteiger charge is 2.13. The highest BCUT2D eigenvalue weighted by atomic mass is 19.1. The van der Waals surface area contributed by atoms with Gasteiger partial charge in [-0.1, -0.05) is 0 Å². The van der Waals surface area contributed by atoms with Crippen molar-refractivity contribution in [1.29, 1.82) is 5.26 Å². The lowest BCUT2D eigenvalue weighted by molar-refractivity contribution is 0.102. The fraction of sp³-hybridized carbons (Fsp3) is 0. The first-order valence-electron chi connectivity index (χ1n) is 5.58. The van der Waals surface area contributed by atoms with Crippen molar-refractivity contribution in [1.82, 2.24) is 4.98 Å². The maximum absolute atomic E-state index is 13.7. The molecule has 6 nitrogen and oxygen atoms in total. The number of pyridine rings is 1. The molecule has 0 aliphatic heterocycles. The number of nitrogens with one attached hydrogen (secondary N) is 2. The molecule has 0 fully saturated rings. The van der Waals surface area contributed by atoms with Crippen molar-refractivity contribution < 1.29 is 9.18 Å². The number of hydrogen-bond donors (Lipinski definition) is 3. The zero-order valence-corrected chi connectivity index (χ0v) is 10.2. The van der Waals surface area contributed by atoms with Crippen molar-refractivity contribution in [3.05, 3.63) is 53.5 Å². The number of carbonyl (C=O) groups is 1. The number of anilines is 2. The molecule has 0 spiro atoms. The molecule has 0 aliphatic rings. The van der Waals surface area contributed by atoms with Crippen LogP contribution in [-0.4, -0.2) is 10.9 Å². The zero-order chi connectivity index (χ0) is 14.5. The van der Waals surface area contributed by atoms with Gasteiger partial charge in [-0.2, -0.15) is 5.26 Å². The molecular formula is C13H10FN5O. The van der Waals surface area contributed by atoms with E-state index in [-0.39, 0.29) is 22.6 Å². The molecule has 0 saturated heterocycles. The van der Waals surface area contributed by atoms with Crippen molar-refractivity contribution >= 4 is 17.4 Å². The second kappa shape index (κ2) is 5.77. The number of halogens is 1. The van der Waals surface area contributed by atoms with Gasteiger partial charge in [-0.3, -0.25) is 4.79 Å². The second-order valence-electron chi connectivity index (χ2n) is 3.80. The van der Waals surface area contributed by atoms with Crippen molar-refractivity contribution in [2.24, 2.45) is 5.84 Å². The molecule has 1 aromatic heterocycles. The first kappa shape index (κ1) is 13.5. The van der Waals surface area contributed by atoms with Crippen LogP contribution in [-0.2, 0) is 0 Å². The quantitative estimate of drug-likeness (QED) is 0.581. The van der Waals surface area contributed by atoms with E-state index in [9.17, 15) is 9.18 Å². The van der Waals surface area contributed by atoms with Gasteiger partial charge in [0, 0.05) is 6.20 Å². The van der Waals surface area contributed by atoms with Crippen LogP contribution in [0.1, 0.15) is 15.9 Å². The summed E-state index contributed by atoms with van der Waals surface area (Å²) in [7, 11) is 0. The molecule has 0 saturated carbocycles. The van der Waals surface area contributed by atoms with E-state index >= 15 is 0 Å². The van der Waals surface area contributed by atoms with E-state index in [0.717, 1.165) is 6.07 Å². The van der Waals surface area contributed by atoms with Crippen LogP contribution in [0.5, 0.6) is 0 Å². The number of aromatic nitrogens is 1. The average Bonchev–Trinajstić information content (AvgIpc) is 2.49. The standard InChI is InChI=1S/C13H10FN5O/c14-10-6-8(7-15)3-4-11(10)18-13(20)9-2-1-5-17-12(9)19-16/h1-6H,16H2,(H,17,19)(H,18,20). The summed E-state index contributed by atoms with van der Waals surface area (Å²) in [6, 6.07) is 8.64. The van der Waals surface area contributed by atoms with Gasteiger partial charge in [-0.25, -0.2) is 15.2 Å². The number of rotatable bonds is 3. The molecule has 100 valence electrons. The van der Waals surface area contributed by atoms with Gasteiger partial charge in [0.05, 0.1) is 22.9 Å². The molecule has 2 rings (SSSR count). The zero-order valence-electron chi connectivity index (χ0n) is 10.2. The lowest BCUT2D eigenvalue weighted by Gasteiger charge is -2.09. The van der Waals surface area contributed by atoms with E-state index in [1.165, 1.54) is 24.4 Å². The van der Waals surface area contributed by atoms with Crippen LogP contribution >= 0.6 is 0 Å². The maximum Gasteiger partial charge on any atom is 0.259 e. The van der Waals surface area contributed by atoms with Gasteiger partial charge >= 0.3 is 0 Å². The molecular weight excluding hydrogens is 261 g/mol. The highest BCUT2D eigenvalue weighted by Crippen LogP contribution is 2.18. The molecule has 0 aliphatic carbocycles. The van der Waals surface area contributed by atoms with E-state index in [2.05, 4.69) is 15.7 Å². The van der Waals surface area contributed by atoms with Gasteiger partial charge in [-0.15, -0.1) is 0 Å². The number of benzene rings is 1. The summed E-state index contributed by atoms with van der Waals surface area (Å²) in [5.74, 6) is 4.18. The van der Waals surface area contributed by atoms with Gasteiger partial charge in [0.1, 0.15) is 5.82 Å². The van der Waals surface area contributed by atoms with E-state index in [0.29, 0.717) is 0 Å². The van der Waals surface area contributed by atoms with Crippen molar-refractivity contribution in [2.75, 3.05) is 10.7 Å². The van der Waals surface area contributed by atoms with E-state index in [1.54, 1.807) is 6.07 Å². The predicted octanol–water partition coefficient (Wildman–Crippen LogP) is 1.63. The predicted molar refractivity (Wildman–Crippen MR) is 71.1 cm³/mol. The van der Waals surface area contributed by atoms with Crippen LogP contribution in [0, 0.1) is 17.1 Å². The minimum atomic E-state index is -0.691. The topological polar surface area (TPSA) is 104 Å². The largest absolute Gasteiger partial charge is 0.319 e. The van der Waals surface area contributed by atoms with Crippen LogP contribution in [0.2, 0.25) is 0 Å². The molecule has 0 atom stereocenters. The van der Waals surface area contributed by atoms with Crippen LogP contribution in [0.25, 0.3) is 0 Å². The molecule has 7 heteroatoms. The smallest absolute Gasteiger partial charge is 0.259 e. The Morgan fingerprint density at radius 3 is 2.85 bits per heavy atom. The lowest BCUT2D eigenvalue weighted by Crippen LogP contribution is -2.18.